The predicted molar refractivity (Wildman–Crippen MR) is 70.6 cm³/mol. The molecule has 0 spiro atoms. The van der Waals surface area contributed by atoms with Crippen molar-refractivity contribution in [3.8, 4) is 0 Å². The number of hydrogen-bond acceptors (Lipinski definition) is 2. The van der Waals surface area contributed by atoms with E-state index in [1.165, 1.54) is 19.2 Å². The maximum Gasteiger partial charge on any atom is 0.245 e. The van der Waals surface area contributed by atoms with Crippen LogP contribution < -0.4 is 0 Å². The minimum absolute atomic E-state index is 0.152. The Morgan fingerprint density at radius 2 is 2.00 bits per heavy atom. The lowest BCUT2D eigenvalue weighted by Gasteiger charge is -2.19. The third-order valence-corrected chi connectivity index (χ3v) is 4.63. The van der Waals surface area contributed by atoms with Gasteiger partial charge >= 0.3 is 0 Å². The molecule has 18 heavy (non-hydrogen) atoms. The summed E-state index contributed by atoms with van der Waals surface area (Å²) in [6.45, 7) is 4.15. The highest BCUT2D eigenvalue weighted by Crippen LogP contribution is 2.21. The lowest BCUT2D eigenvalue weighted by atomic mass is 10.2. The Kier molecular flexibility index (Phi) is 5.13. The summed E-state index contributed by atoms with van der Waals surface area (Å²) >= 11 is 5.57. The summed E-state index contributed by atoms with van der Waals surface area (Å²) in [6, 6.07) is 3.94. The molecule has 0 aliphatic rings. The Balaban J connectivity index is 3.12. The van der Waals surface area contributed by atoms with Crippen LogP contribution in [0.4, 0.5) is 4.39 Å². The summed E-state index contributed by atoms with van der Waals surface area (Å²) in [6.07, 6.45) is 0. The Morgan fingerprint density at radius 3 is 2.44 bits per heavy atom. The van der Waals surface area contributed by atoms with Crippen molar-refractivity contribution in [1.82, 2.24) is 4.31 Å². The van der Waals surface area contributed by atoms with E-state index >= 15 is 0 Å². The molecule has 0 saturated heterocycles. The van der Waals surface area contributed by atoms with E-state index in [9.17, 15) is 12.8 Å². The number of alkyl halides is 1. The molecule has 0 atom stereocenters. The second-order valence-electron chi connectivity index (χ2n) is 4.58. The van der Waals surface area contributed by atoms with Gasteiger partial charge in [0, 0.05) is 19.5 Å². The number of rotatable bonds is 5. The Labute approximate surface area is 113 Å². The van der Waals surface area contributed by atoms with E-state index in [-0.39, 0.29) is 16.7 Å². The fourth-order valence-corrected chi connectivity index (χ4v) is 3.16. The fourth-order valence-electron chi connectivity index (χ4n) is 1.62. The third kappa shape index (κ3) is 3.43. The van der Waals surface area contributed by atoms with E-state index < -0.39 is 15.8 Å². The molecule has 6 heteroatoms. The number of benzene rings is 1. The van der Waals surface area contributed by atoms with Crippen LogP contribution in [0.3, 0.4) is 0 Å². The predicted octanol–water partition coefficient (Wildman–Crippen LogP) is 2.84. The Bertz CT molecular complexity index is 517. The molecule has 102 valence electrons. The molecule has 1 aromatic rings. The maximum absolute atomic E-state index is 13.8. The summed E-state index contributed by atoms with van der Waals surface area (Å²) in [7, 11) is -2.33. The average molecular weight is 294 g/mol. The molecular weight excluding hydrogens is 277 g/mol. The van der Waals surface area contributed by atoms with E-state index in [2.05, 4.69) is 0 Å². The molecule has 0 aromatic heterocycles. The SMILES string of the molecule is CC(C)CN(C)S(=O)(=O)c1ccc(CCl)cc1F. The first kappa shape index (κ1) is 15.4. The normalized spacial score (nSPS) is 12.4. The highest BCUT2D eigenvalue weighted by molar-refractivity contribution is 7.89. The minimum atomic E-state index is -3.77. The molecule has 1 rings (SSSR count). The molecule has 0 heterocycles. The first-order valence-electron chi connectivity index (χ1n) is 5.59. The highest BCUT2D eigenvalue weighted by Gasteiger charge is 2.24. The molecular formula is C12H17ClFNO2S. The van der Waals surface area contributed by atoms with Gasteiger partial charge in [0.2, 0.25) is 10.0 Å². The van der Waals surface area contributed by atoms with Gasteiger partial charge in [-0.25, -0.2) is 17.1 Å². The number of halogens is 2. The zero-order valence-electron chi connectivity index (χ0n) is 10.7. The van der Waals surface area contributed by atoms with E-state index in [0.717, 1.165) is 10.4 Å². The van der Waals surface area contributed by atoms with Gasteiger partial charge in [0.05, 0.1) is 0 Å². The molecule has 0 unspecified atom stereocenters. The fraction of sp³-hybridized carbons (Fsp3) is 0.500. The molecule has 0 aliphatic carbocycles. The van der Waals surface area contributed by atoms with Crippen molar-refractivity contribution >= 4 is 21.6 Å². The zero-order valence-corrected chi connectivity index (χ0v) is 12.2. The zero-order chi connectivity index (χ0) is 13.9. The molecule has 0 fully saturated rings. The summed E-state index contributed by atoms with van der Waals surface area (Å²) in [5.41, 5.74) is 0.555. The van der Waals surface area contributed by atoms with Gasteiger partial charge in [-0.3, -0.25) is 0 Å². The van der Waals surface area contributed by atoms with Gasteiger partial charge < -0.3 is 0 Å². The molecule has 1 aromatic carbocycles. The van der Waals surface area contributed by atoms with Crippen LogP contribution in [-0.2, 0) is 15.9 Å². The Hall–Kier alpha value is -0.650. The van der Waals surface area contributed by atoms with E-state index in [4.69, 9.17) is 11.6 Å². The van der Waals surface area contributed by atoms with Crippen LogP contribution in [0.1, 0.15) is 19.4 Å². The number of hydrogen-bond donors (Lipinski definition) is 0. The summed E-state index contributed by atoms with van der Waals surface area (Å²) < 4.78 is 39.2. The van der Waals surface area contributed by atoms with Crippen molar-refractivity contribution < 1.29 is 12.8 Å². The Morgan fingerprint density at radius 1 is 1.39 bits per heavy atom. The van der Waals surface area contributed by atoms with Gasteiger partial charge in [0.25, 0.3) is 0 Å². The standard InChI is InChI=1S/C12H17ClFNO2S/c1-9(2)8-15(3)18(16,17)12-5-4-10(7-13)6-11(12)14/h4-6,9H,7-8H2,1-3H3. The van der Waals surface area contributed by atoms with Crippen LogP contribution in [-0.4, -0.2) is 26.3 Å². The smallest absolute Gasteiger partial charge is 0.207 e. The minimum Gasteiger partial charge on any atom is -0.207 e. The summed E-state index contributed by atoms with van der Waals surface area (Å²) in [4.78, 5) is -0.306. The third-order valence-electron chi connectivity index (χ3n) is 2.46. The number of nitrogens with zero attached hydrogens (tertiary/aromatic N) is 1. The lowest BCUT2D eigenvalue weighted by molar-refractivity contribution is 0.414. The van der Waals surface area contributed by atoms with Gasteiger partial charge in [-0.1, -0.05) is 19.9 Å². The van der Waals surface area contributed by atoms with Crippen LogP contribution >= 0.6 is 11.6 Å². The van der Waals surface area contributed by atoms with E-state index in [0.29, 0.717) is 12.1 Å². The molecule has 0 aliphatic heterocycles. The van der Waals surface area contributed by atoms with Crippen molar-refractivity contribution in [3.63, 3.8) is 0 Å². The van der Waals surface area contributed by atoms with Gasteiger partial charge in [0.1, 0.15) is 10.7 Å². The second kappa shape index (κ2) is 5.99. The molecule has 0 N–H and O–H groups in total. The molecule has 0 radical (unpaired) electrons. The van der Waals surface area contributed by atoms with Gasteiger partial charge in [-0.2, -0.15) is 0 Å². The van der Waals surface area contributed by atoms with E-state index in [1.807, 2.05) is 13.8 Å². The topological polar surface area (TPSA) is 37.4 Å². The second-order valence-corrected chi connectivity index (χ2v) is 6.86. The van der Waals surface area contributed by atoms with Crippen LogP contribution in [0.5, 0.6) is 0 Å². The van der Waals surface area contributed by atoms with E-state index in [1.54, 1.807) is 0 Å². The highest BCUT2D eigenvalue weighted by atomic mass is 35.5. The van der Waals surface area contributed by atoms with Crippen LogP contribution in [0.2, 0.25) is 0 Å². The van der Waals surface area contributed by atoms with Crippen molar-refractivity contribution in [2.24, 2.45) is 5.92 Å². The first-order chi connectivity index (χ1) is 8.28. The van der Waals surface area contributed by atoms with Gasteiger partial charge in [-0.05, 0) is 23.6 Å². The van der Waals surface area contributed by atoms with Crippen molar-refractivity contribution in [2.75, 3.05) is 13.6 Å². The van der Waals surface area contributed by atoms with Gasteiger partial charge in [-0.15, -0.1) is 11.6 Å². The van der Waals surface area contributed by atoms with Crippen LogP contribution in [0.15, 0.2) is 23.1 Å². The largest absolute Gasteiger partial charge is 0.245 e. The molecule has 0 bridgehead atoms. The first-order valence-corrected chi connectivity index (χ1v) is 7.57. The lowest BCUT2D eigenvalue weighted by Crippen LogP contribution is -2.31. The van der Waals surface area contributed by atoms with Crippen molar-refractivity contribution in [1.29, 1.82) is 0 Å². The van der Waals surface area contributed by atoms with Gasteiger partial charge in [0.15, 0.2) is 0 Å². The summed E-state index contributed by atoms with van der Waals surface area (Å²) in [5, 5.41) is 0. The molecule has 0 amide bonds. The summed E-state index contributed by atoms with van der Waals surface area (Å²) in [5.74, 6) is -0.433. The van der Waals surface area contributed by atoms with Crippen molar-refractivity contribution in [3.05, 3.63) is 29.6 Å². The quantitative estimate of drug-likeness (QED) is 0.783. The van der Waals surface area contributed by atoms with Crippen molar-refractivity contribution in [2.45, 2.75) is 24.6 Å². The molecule has 3 nitrogen and oxygen atoms in total. The van der Waals surface area contributed by atoms with Crippen LogP contribution in [0, 0.1) is 11.7 Å². The average Bonchev–Trinajstić information content (AvgIpc) is 2.27. The monoisotopic (exact) mass is 293 g/mol. The maximum atomic E-state index is 13.8. The van der Waals surface area contributed by atoms with Crippen LogP contribution in [0.25, 0.3) is 0 Å². The number of sulfonamides is 1. The molecule has 0 saturated carbocycles.